The smallest absolute Gasteiger partial charge is 0.408 e. The highest BCUT2D eigenvalue weighted by Gasteiger charge is 2.06. The summed E-state index contributed by atoms with van der Waals surface area (Å²) >= 11 is 1.68. The van der Waals surface area contributed by atoms with Gasteiger partial charge >= 0.3 is 5.76 Å². The van der Waals surface area contributed by atoms with Gasteiger partial charge in [0.05, 0.1) is 5.52 Å². The summed E-state index contributed by atoms with van der Waals surface area (Å²) in [7, 11) is 0. The molecule has 0 aliphatic heterocycles. The van der Waals surface area contributed by atoms with Crippen molar-refractivity contribution in [2.75, 3.05) is 11.5 Å². The molecule has 5 heteroatoms. The molecule has 0 atom stereocenters. The molecule has 80 valence electrons. The van der Waals surface area contributed by atoms with Gasteiger partial charge < -0.3 is 10.2 Å². The molecule has 15 heavy (non-hydrogen) atoms. The minimum atomic E-state index is -0.443. The summed E-state index contributed by atoms with van der Waals surface area (Å²) < 4.78 is 4.91. The first-order valence-corrected chi connectivity index (χ1v) is 5.74. The van der Waals surface area contributed by atoms with Crippen LogP contribution in [0.15, 0.2) is 26.2 Å². The monoisotopic (exact) mass is 224 g/mol. The van der Waals surface area contributed by atoms with Crippen LogP contribution in [0, 0.1) is 0 Å². The zero-order valence-corrected chi connectivity index (χ0v) is 9.19. The topological polar surface area (TPSA) is 72.0 Å². The maximum absolute atomic E-state index is 11.0. The van der Waals surface area contributed by atoms with Gasteiger partial charge in [-0.25, -0.2) is 4.79 Å². The predicted octanol–water partition coefficient (Wildman–Crippen LogP) is 2.21. The van der Waals surface area contributed by atoms with Crippen LogP contribution in [0.5, 0.6) is 0 Å². The number of hydrogen-bond acceptors (Lipinski definition) is 4. The Bertz CT molecular complexity index is 530. The Morgan fingerprint density at radius 2 is 2.33 bits per heavy atom. The highest BCUT2D eigenvalue weighted by molar-refractivity contribution is 7.99. The first kappa shape index (κ1) is 10.2. The summed E-state index contributed by atoms with van der Waals surface area (Å²) in [4.78, 5) is 14.6. The maximum Gasteiger partial charge on any atom is 0.417 e. The molecule has 1 heterocycles. The summed E-state index contributed by atoms with van der Waals surface area (Å²) in [5.41, 5.74) is 7.71. The quantitative estimate of drug-likeness (QED) is 0.619. The number of aromatic amines is 1. The standard InChI is InChI=1S/C10H12N2O2S/c1-2-3-15-9-5-7-8(4-6(9)11)14-10(13)12-7/h4-5H,2-3,11H2,1H3,(H,12,13). The molecule has 0 bridgehead atoms. The minimum absolute atomic E-state index is 0.443. The van der Waals surface area contributed by atoms with Crippen molar-refractivity contribution in [2.24, 2.45) is 0 Å². The summed E-state index contributed by atoms with van der Waals surface area (Å²) in [6.45, 7) is 2.11. The fourth-order valence-corrected chi connectivity index (χ4v) is 2.18. The number of H-pyrrole nitrogens is 1. The highest BCUT2D eigenvalue weighted by atomic mass is 32.2. The Balaban J connectivity index is 2.46. The second-order valence-corrected chi connectivity index (χ2v) is 4.39. The van der Waals surface area contributed by atoms with Crippen molar-refractivity contribution in [1.29, 1.82) is 0 Å². The molecule has 0 aliphatic rings. The predicted molar refractivity (Wildman–Crippen MR) is 62.3 cm³/mol. The molecule has 0 radical (unpaired) electrons. The number of nitrogens with one attached hydrogen (secondary N) is 1. The lowest BCUT2D eigenvalue weighted by atomic mass is 10.3. The second kappa shape index (κ2) is 4.02. The normalized spacial score (nSPS) is 11.0. The molecule has 2 aromatic rings. The molecule has 0 saturated heterocycles. The molecule has 0 aliphatic carbocycles. The van der Waals surface area contributed by atoms with Gasteiger partial charge in [-0.2, -0.15) is 0 Å². The van der Waals surface area contributed by atoms with Gasteiger partial charge in [0.25, 0.3) is 0 Å². The molecule has 1 aromatic heterocycles. The van der Waals surface area contributed by atoms with Crippen LogP contribution < -0.4 is 11.5 Å². The molecule has 0 amide bonds. The first-order chi connectivity index (χ1) is 7.20. The van der Waals surface area contributed by atoms with E-state index in [1.165, 1.54) is 0 Å². The molecular weight excluding hydrogens is 212 g/mol. The molecule has 0 unspecified atom stereocenters. The van der Waals surface area contributed by atoms with E-state index in [-0.39, 0.29) is 0 Å². The summed E-state index contributed by atoms with van der Waals surface area (Å²) in [5, 5.41) is 0. The van der Waals surface area contributed by atoms with Gasteiger partial charge in [0, 0.05) is 16.6 Å². The number of hydrogen-bond donors (Lipinski definition) is 2. The molecule has 0 fully saturated rings. The van der Waals surface area contributed by atoms with E-state index < -0.39 is 5.76 Å². The van der Waals surface area contributed by atoms with E-state index >= 15 is 0 Å². The Kier molecular flexibility index (Phi) is 2.73. The van der Waals surface area contributed by atoms with Gasteiger partial charge in [-0.15, -0.1) is 11.8 Å². The van der Waals surface area contributed by atoms with Crippen molar-refractivity contribution in [1.82, 2.24) is 4.98 Å². The van der Waals surface area contributed by atoms with Gasteiger partial charge in [0.2, 0.25) is 0 Å². The van der Waals surface area contributed by atoms with E-state index in [0.717, 1.165) is 17.1 Å². The number of benzene rings is 1. The molecule has 1 aromatic carbocycles. The Hall–Kier alpha value is -1.36. The van der Waals surface area contributed by atoms with E-state index in [0.29, 0.717) is 16.8 Å². The van der Waals surface area contributed by atoms with E-state index in [1.54, 1.807) is 17.8 Å². The Morgan fingerprint density at radius 1 is 1.53 bits per heavy atom. The Morgan fingerprint density at radius 3 is 3.07 bits per heavy atom. The van der Waals surface area contributed by atoms with Crippen molar-refractivity contribution in [3.8, 4) is 0 Å². The van der Waals surface area contributed by atoms with Crippen LogP contribution in [-0.4, -0.2) is 10.7 Å². The lowest BCUT2D eigenvalue weighted by Gasteiger charge is -2.03. The van der Waals surface area contributed by atoms with Crippen LogP contribution in [0.25, 0.3) is 11.1 Å². The van der Waals surface area contributed by atoms with Crippen LogP contribution in [0.2, 0.25) is 0 Å². The molecule has 0 saturated carbocycles. The van der Waals surface area contributed by atoms with E-state index in [2.05, 4.69) is 11.9 Å². The minimum Gasteiger partial charge on any atom is -0.408 e. The Labute approximate surface area is 90.8 Å². The van der Waals surface area contributed by atoms with Crippen LogP contribution in [0.1, 0.15) is 13.3 Å². The number of aromatic nitrogens is 1. The fourth-order valence-electron chi connectivity index (χ4n) is 1.33. The zero-order valence-electron chi connectivity index (χ0n) is 8.37. The van der Waals surface area contributed by atoms with Crippen LogP contribution in [0.4, 0.5) is 5.69 Å². The summed E-state index contributed by atoms with van der Waals surface area (Å²) in [5.74, 6) is 0.569. The van der Waals surface area contributed by atoms with Gasteiger partial charge in [-0.3, -0.25) is 4.98 Å². The first-order valence-electron chi connectivity index (χ1n) is 4.76. The third kappa shape index (κ3) is 2.02. The number of thioether (sulfide) groups is 1. The number of rotatable bonds is 3. The fraction of sp³-hybridized carbons (Fsp3) is 0.300. The van der Waals surface area contributed by atoms with E-state index in [1.807, 2.05) is 6.07 Å². The lowest BCUT2D eigenvalue weighted by Crippen LogP contribution is -1.93. The van der Waals surface area contributed by atoms with Gasteiger partial charge in [-0.05, 0) is 18.2 Å². The van der Waals surface area contributed by atoms with Crippen molar-refractivity contribution in [2.45, 2.75) is 18.2 Å². The largest absolute Gasteiger partial charge is 0.417 e. The van der Waals surface area contributed by atoms with E-state index in [9.17, 15) is 4.79 Å². The third-order valence-electron chi connectivity index (χ3n) is 2.01. The second-order valence-electron chi connectivity index (χ2n) is 3.25. The zero-order chi connectivity index (χ0) is 10.8. The third-order valence-corrected chi connectivity index (χ3v) is 3.29. The SMILES string of the molecule is CCCSc1cc2[nH]c(=O)oc2cc1N. The average molecular weight is 224 g/mol. The van der Waals surface area contributed by atoms with Gasteiger partial charge in [-0.1, -0.05) is 6.92 Å². The van der Waals surface area contributed by atoms with Crippen molar-refractivity contribution >= 4 is 28.5 Å². The molecule has 0 spiro atoms. The van der Waals surface area contributed by atoms with Gasteiger partial charge in [0.1, 0.15) is 0 Å². The van der Waals surface area contributed by atoms with Crippen molar-refractivity contribution in [3.63, 3.8) is 0 Å². The molecule has 4 nitrogen and oxygen atoms in total. The number of oxazole rings is 1. The van der Waals surface area contributed by atoms with Crippen molar-refractivity contribution in [3.05, 3.63) is 22.7 Å². The number of nitrogen functional groups attached to an aromatic ring is 1. The summed E-state index contributed by atoms with van der Waals surface area (Å²) in [6.07, 6.45) is 1.09. The highest BCUT2D eigenvalue weighted by Crippen LogP contribution is 2.29. The molecular formula is C10H12N2O2S. The van der Waals surface area contributed by atoms with Crippen LogP contribution >= 0.6 is 11.8 Å². The van der Waals surface area contributed by atoms with Crippen molar-refractivity contribution < 1.29 is 4.42 Å². The number of nitrogens with two attached hydrogens (primary N) is 1. The van der Waals surface area contributed by atoms with Crippen LogP contribution in [-0.2, 0) is 0 Å². The lowest BCUT2D eigenvalue weighted by molar-refractivity contribution is 0.555. The maximum atomic E-state index is 11.0. The molecule has 2 rings (SSSR count). The van der Waals surface area contributed by atoms with Gasteiger partial charge in [0.15, 0.2) is 5.58 Å². The number of anilines is 1. The average Bonchev–Trinajstić information content (AvgIpc) is 2.53. The van der Waals surface area contributed by atoms with Crippen LogP contribution in [0.3, 0.4) is 0 Å². The molecule has 3 N–H and O–H groups in total. The number of fused-ring (bicyclic) bond motifs is 1. The van der Waals surface area contributed by atoms with E-state index in [4.69, 9.17) is 10.2 Å². The summed E-state index contributed by atoms with van der Waals surface area (Å²) in [6, 6.07) is 3.54.